The minimum absolute atomic E-state index is 0.0154. The van der Waals surface area contributed by atoms with Crippen molar-refractivity contribution in [2.45, 2.75) is 117 Å². The zero-order chi connectivity index (χ0) is 52.1. The van der Waals surface area contributed by atoms with Gasteiger partial charge in [0.1, 0.15) is 23.7 Å². The number of benzene rings is 4. The zero-order valence-corrected chi connectivity index (χ0v) is 43.2. The van der Waals surface area contributed by atoms with E-state index >= 15 is 0 Å². The number of ether oxygens (including phenoxy) is 2. The molecular formula is C55H61F3N6O6S2. The predicted molar refractivity (Wildman–Crippen MR) is 278 cm³/mol. The van der Waals surface area contributed by atoms with Gasteiger partial charge in [-0.25, -0.2) is 4.98 Å². The highest BCUT2D eigenvalue weighted by Crippen LogP contribution is 2.40. The van der Waals surface area contributed by atoms with Crippen LogP contribution in [0.15, 0.2) is 96.5 Å². The van der Waals surface area contributed by atoms with Crippen LogP contribution in [0.2, 0.25) is 0 Å². The number of nitrogens with one attached hydrogen (secondary N) is 1. The van der Waals surface area contributed by atoms with Crippen molar-refractivity contribution in [2.75, 3.05) is 36.1 Å². The minimum Gasteiger partial charge on any atom is -0.494 e. The van der Waals surface area contributed by atoms with Crippen LogP contribution in [0.1, 0.15) is 89.6 Å². The number of nitrogens with zero attached hydrogens (tertiary/aromatic N) is 5. The number of thiazole rings is 1. The van der Waals surface area contributed by atoms with Crippen LogP contribution in [0.5, 0.6) is 5.75 Å². The molecule has 3 heterocycles. The number of carbonyl (C=O) groups is 3. The summed E-state index contributed by atoms with van der Waals surface area (Å²) in [4.78, 5) is 50.7. The van der Waals surface area contributed by atoms with Crippen LogP contribution in [0.25, 0.3) is 21.6 Å². The number of ketones is 1. The zero-order valence-electron chi connectivity index (χ0n) is 41.6. The fourth-order valence-electron chi connectivity index (χ4n) is 9.13. The number of hydrogen-bond acceptors (Lipinski definition) is 11. The number of likely N-dealkylation sites (tertiary alicyclic amines) is 1. The van der Waals surface area contributed by atoms with Crippen molar-refractivity contribution in [3.05, 3.63) is 119 Å². The molecule has 2 aliphatic rings. The molecule has 0 bridgehead atoms. The Labute approximate surface area is 428 Å². The van der Waals surface area contributed by atoms with Crippen molar-refractivity contribution >= 4 is 57.6 Å². The number of hydrogen-bond donors (Lipinski definition) is 2. The lowest BCUT2D eigenvalue weighted by Gasteiger charge is -2.36. The number of β-amino-alcohol motifs (C(OH)–C–C–N with tert-alkyl or cyclic N) is 1. The monoisotopic (exact) mass is 1020 g/mol. The summed E-state index contributed by atoms with van der Waals surface area (Å²) in [5, 5.41) is 23.1. The number of aliphatic hydroxyl groups excluding tert-OH is 1. The summed E-state index contributed by atoms with van der Waals surface area (Å²) >= 11 is 7.29. The van der Waals surface area contributed by atoms with Gasteiger partial charge in [-0.15, -0.1) is 11.3 Å². The molecular weight excluding hydrogens is 962 g/mol. The van der Waals surface area contributed by atoms with E-state index in [0.717, 1.165) is 49.9 Å². The van der Waals surface area contributed by atoms with Crippen LogP contribution in [-0.2, 0) is 31.7 Å². The van der Waals surface area contributed by atoms with Crippen LogP contribution in [-0.4, -0.2) is 93.8 Å². The molecule has 2 amide bonds. The lowest BCUT2D eigenvalue weighted by atomic mass is 9.86. The largest absolute Gasteiger partial charge is 0.494 e. The SMILES string of the molecule is Cc1ncsc1-c1ccc(CCC(=O)[C@@H]2C[C@@H](O)CN2C[C@@H](NC(=O)CO[C@@H](C)CCCOc2ccc(-c3ccc(N4C(=S)N(c5ccc(C#N)c(C(F)(F)F)c5)C(=O)C4(C)C)cc3)cc2)C(C)(C)C)cc1. The third kappa shape index (κ3) is 12.6. The molecule has 4 aromatic carbocycles. The number of nitriles is 1. The number of anilines is 2. The van der Waals surface area contributed by atoms with E-state index in [1.54, 1.807) is 48.3 Å². The van der Waals surface area contributed by atoms with Gasteiger partial charge in [-0.1, -0.05) is 69.3 Å². The van der Waals surface area contributed by atoms with Gasteiger partial charge >= 0.3 is 6.18 Å². The first kappa shape index (κ1) is 53.8. The first-order valence-electron chi connectivity index (χ1n) is 24.0. The maximum Gasteiger partial charge on any atom is 0.417 e. The fraction of sp³-hybridized carbons (Fsp3) is 0.418. The highest BCUT2D eigenvalue weighted by atomic mass is 32.1. The molecule has 2 fully saturated rings. The molecule has 2 N–H and O–H groups in total. The molecule has 72 heavy (non-hydrogen) atoms. The highest BCUT2D eigenvalue weighted by Gasteiger charge is 2.51. The second-order valence-electron chi connectivity index (χ2n) is 20.1. The van der Waals surface area contributed by atoms with E-state index in [4.69, 9.17) is 21.7 Å². The molecule has 4 atom stereocenters. The minimum atomic E-state index is -4.80. The molecule has 12 nitrogen and oxygen atoms in total. The lowest BCUT2D eigenvalue weighted by molar-refractivity contribution is -0.138. The Bertz CT molecular complexity index is 2790. The quantitative estimate of drug-likeness (QED) is 0.0602. The smallest absolute Gasteiger partial charge is 0.417 e. The number of thiocarbonyl (C=S) groups is 1. The second kappa shape index (κ2) is 22.4. The first-order valence-corrected chi connectivity index (χ1v) is 25.3. The van der Waals surface area contributed by atoms with E-state index in [9.17, 15) is 37.9 Å². The second-order valence-corrected chi connectivity index (χ2v) is 21.3. The number of aryl methyl sites for hydroxylation is 2. The van der Waals surface area contributed by atoms with Gasteiger partial charge in [0.15, 0.2) is 5.11 Å². The summed E-state index contributed by atoms with van der Waals surface area (Å²) in [5.41, 5.74) is 4.07. The average Bonchev–Trinajstić information content (AvgIpc) is 3.99. The number of rotatable bonds is 19. The Hall–Kier alpha value is -6.03. The van der Waals surface area contributed by atoms with Crippen molar-refractivity contribution in [1.82, 2.24) is 15.2 Å². The number of aromatic nitrogens is 1. The van der Waals surface area contributed by atoms with Crippen LogP contribution in [0.3, 0.4) is 0 Å². The van der Waals surface area contributed by atoms with Gasteiger partial charge in [-0.05, 0) is 136 Å². The van der Waals surface area contributed by atoms with Crippen LogP contribution >= 0.6 is 23.6 Å². The fourth-order valence-corrected chi connectivity index (χ4v) is 10.5. The van der Waals surface area contributed by atoms with Gasteiger partial charge in [0.25, 0.3) is 5.91 Å². The van der Waals surface area contributed by atoms with Gasteiger partial charge in [-0.2, -0.15) is 18.4 Å². The van der Waals surface area contributed by atoms with Gasteiger partial charge in [0.2, 0.25) is 5.91 Å². The van der Waals surface area contributed by atoms with Crippen molar-refractivity contribution in [1.29, 1.82) is 5.26 Å². The summed E-state index contributed by atoms with van der Waals surface area (Å²) in [5.74, 6) is 0.0105. The maximum absolute atomic E-state index is 13.8. The molecule has 5 aromatic rings. The number of amides is 2. The predicted octanol–water partition coefficient (Wildman–Crippen LogP) is 10.3. The third-order valence-corrected chi connectivity index (χ3v) is 14.7. The normalized spacial score (nSPS) is 18.0. The number of carbonyl (C=O) groups excluding carboxylic acids is 3. The highest BCUT2D eigenvalue weighted by molar-refractivity contribution is 7.81. The summed E-state index contributed by atoms with van der Waals surface area (Å²) < 4.78 is 53.3. The molecule has 17 heteroatoms. The summed E-state index contributed by atoms with van der Waals surface area (Å²) in [6, 6.07) is 27.1. The number of Topliss-reactive ketones (excluding diaryl/α,β-unsaturated/α-hetero) is 1. The summed E-state index contributed by atoms with van der Waals surface area (Å²) in [7, 11) is 0. The Balaban J connectivity index is 0.843. The van der Waals surface area contributed by atoms with E-state index < -0.39 is 40.9 Å². The molecule has 0 radical (unpaired) electrons. The van der Waals surface area contributed by atoms with Crippen LogP contribution in [0.4, 0.5) is 24.5 Å². The molecule has 380 valence electrons. The number of halogens is 3. The third-order valence-electron chi connectivity index (χ3n) is 13.4. The molecule has 0 aliphatic carbocycles. The molecule has 2 aliphatic heterocycles. The Morgan fingerprint density at radius 1 is 0.986 bits per heavy atom. The number of aliphatic hydroxyl groups is 1. The van der Waals surface area contributed by atoms with Crippen molar-refractivity contribution in [2.24, 2.45) is 5.41 Å². The van der Waals surface area contributed by atoms with Gasteiger partial charge in [-0.3, -0.25) is 24.2 Å². The topological polar surface area (TPSA) is 148 Å². The standard InChI is InChI=1S/C55H61F3N6O6S2/c1-34(70-32-49(67)61-48(53(3,4)5)31-62-30-43(65)28-46(62)47(66)25-12-36-10-13-39(14-11-36)50-35(2)60-33-72-50)9-8-26-69-44-23-18-38(19-24-44)37-15-20-41(21-16-37)64-52(71)63(51(68)54(64,6)7)42-22-17-40(29-59)45(27-42)55(56,57)58/h10-11,13-24,27,33-34,43,46,48,65H,8-9,12,25-26,28,30-32H2,1-7H3,(H,61,67)/t34-,43+,46-,48+/m0/s1. The van der Waals surface area contributed by atoms with Crippen molar-refractivity contribution in [3.63, 3.8) is 0 Å². The van der Waals surface area contributed by atoms with E-state index in [-0.39, 0.29) is 46.7 Å². The van der Waals surface area contributed by atoms with Crippen LogP contribution in [0, 0.1) is 23.7 Å². The Morgan fingerprint density at radius 2 is 1.62 bits per heavy atom. The Morgan fingerprint density at radius 3 is 2.24 bits per heavy atom. The summed E-state index contributed by atoms with van der Waals surface area (Å²) in [6.45, 7) is 14.5. The van der Waals surface area contributed by atoms with Crippen molar-refractivity contribution < 1.29 is 42.1 Å². The summed E-state index contributed by atoms with van der Waals surface area (Å²) in [6.07, 6.45) is -2.95. The average molecular weight is 1020 g/mol. The molecule has 7 rings (SSSR count). The maximum atomic E-state index is 13.8. The van der Waals surface area contributed by atoms with Gasteiger partial charge in [0, 0.05) is 31.2 Å². The molecule has 0 unspecified atom stereocenters. The Kier molecular flexibility index (Phi) is 16.7. The first-order chi connectivity index (χ1) is 34.0. The van der Waals surface area contributed by atoms with Crippen molar-refractivity contribution in [3.8, 4) is 33.4 Å². The van der Waals surface area contributed by atoms with E-state index in [0.29, 0.717) is 63.2 Å². The van der Waals surface area contributed by atoms with Crippen LogP contribution < -0.4 is 19.9 Å². The van der Waals surface area contributed by atoms with Gasteiger partial charge < -0.3 is 24.8 Å². The van der Waals surface area contributed by atoms with E-state index in [2.05, 4.69) is 34.6 Å². The molecule has 0 saturated carbocycles. The molecule has 1 aromatic heterocycles. The molecule has 2 saturated heterocycles. The van der Waals surface area contributed by atoms with E-state index in [1.807, 2.05) is 81.4 Å². The van der Waals surface area contributed by atoms with Gasteiger partial charge in [0.05, 0.1) is 63.8 Å². The molecule has 0 spiro atoms. The van der Waals surface area contributed by atoms with E-state index in [1.165, 1.54) is 6.07 Å². The number of alkyl halides is 3. The lowest BCUT2D eigenvalue weighted by Crippen LogP contribution is -2.53.